The highest BCUT2D eigenvalue weighted by atomic mass is 32.2. The van der Waals surface area contributed by atoms with Crippen molar-refractivity contribution < 1.29 is 35.8 Å². The third-order valence-electron chi connectivity index (χ3n) is 6.48. The second-order valence-corrected chi connectivity index (χ2v) is 11.5. The quantitative estimate of drug-likeness (QED) is 0.167. The maximum absolute atomic E-state index is 15.5. The molecule has 0 saturated carbocycles. The van der Waals surface area contributed by atoms with Crippen molar-refractivity contribution in [3.63, 3.8) is 0 Å². The molecule has 11 heteroatoms. The third-order valence-corrected chi connectivity index (χ3v) is 8.15. The van der Waals surface area contributed by atoms with Gasteiger partial charge in [0.15, 0.2) is 0 Å². The second-order valence-electron chi connectivity index (χ2n) is 9.69. The van der Waals surface area contributed by atoms with Crippen LogP contribution in [0.25, 0.3) is 11.3 Å². The Hall–Kier alpha value is -3.80. The van der Waals surface area contributed by atoms with Gasteiger partial charge in [0.25, 0.3) is 10.0 Å². The Morgan fingerprint density at radius 2 is 1.64 bits per heavy atom. The van der Waals surface area contributed by atoms with E-state index in [0.717, 1.165) is 41.1 Å². The molecule has 1 aromatic heterocycles. The molecule has 0 aliphatic heterocycles. The van der Waals surface area contributed by atoms with Crippen LogP contribution >= 0.6 is 0 Å². The molecule has 1 N–H and O–H groups in total. The Morgan fingerprint density at radius 1 is 0.905 bits per heavy atom. The number of halogens is 3. The van der Waals surface area contributed by atoms with Gasteiger partial charge in [-0.3, -0.25) is 0 Å². The highest BCUT2D eigenvalue weighted by Gasteiger charge is 2.24. The van der Waals surface area contributed by atoms with Crippen molar-refractivity contribution in [2.45, 2.75) is 37.3 Å². The Balaban J connectivity index is 1.63. The van der Waals surface area contributed by atoms with Crippen LogP contribution in [0.4, 0.5) is 13.2 Å². The SMILES string of the molecule is CNCc1cc(-c2ccc(OC(C)c3cc(F)cc(F)c3)cc2F)n(S(=O)(=O)c2cccc(OCCCCOC)c2)c1. The summed E-state index contributed by atoms with van der Waals surface area (Å²) >= 11 is 0. The van der Waals surface area contributed by atoms with Crippen molar-refractivity contribution in [1.29, 1.82) is 0 Å². The highest BCUT2D eigenvalue weighted by molar-refractivity contribution is 7.90. The van der Waals surface area contributed by atoms with Gasteiger partial charge in [0, 0.05) is 50.2 Å². The van der Waals surface area contributed by atoms with Gasteiger partial charge < -0.3 is 19.5 Å². The highest BCUT2D eigenvalue weighted by Crippen LogP contribution is 2.33. The fourth-order valence-electron chi connectivity index (χ4n) is 4.43. The minimum Gasteiger partial charge on any atom is -0.494 e. The van der Waals surface area contributed by atoms with Crippen LogP contribution in [0.1, 0.15) is 37.0 Å². The predicted octanol–water partition coefficient (Wildman–Crippen LogP) is 6.47. The lowest BCUT2D eigenvalue weighted by molar-refractivity contribution is 0.184. The molecule has 0 saturated heterocycles. The molecule has 0 radical (unpaired) electrons. The Labute approximate surface area is 243 Å². The van der Waals surface area contributed by atoms with Crippen molar-refractivity contribution in [3.05, 3.63) is 102 Å². The van der Waals surface area contributed by atoms with E-state index in [2.05, 4.69) is 5.32 Å². The number of hydrogen-bond donors (Lipinski definition) is 1. The molecule has 0 amide bonds. The molecule has 1 atom stereocenters. The van der Waals surface area contributed by atoms with Crippen molar-refractivity contribution >= 4 is 10.0 Å². The molecule has 3 aromatic carbocycles. The zero-order chi connectivity index (χ0) is 30.3. The molecule has 0 spiro atoms. The smallest absolute Gasteiger partial charge is 0.268 e. The number of nitrogens with one attached hydrogen (secondary N) is 1. The average Bonchev–Trinajstić information content (AvgIpc) is 3.37. The summed E-state index contributed by atoms with van der Waals surface area (Å²) in [4.78, 5) is -0.0127. The molecule has 1 unspecified atom stereocenters. The molecule has 42 heavy (non-hydrogen) atoms. The molecule has 7 nitrogen and oxygen atoms in total. The normalized spacial score (nSPS) is 12.3. The molecule has 224 valence electrons. The summed E-state index contributed by atoms with van der Waals surface area (Å²) in [6.07, 6.45) is 2.23. The number of unbranched alkanes of at least 4 members (excludes halogenated alkanes) is 1. The van der Waals surface area contributed by atoms with Gasteiger partial charge in [-0.25, -0.2) is 25.6 Å². The fraction of sp³-hybridized carbons (Fsp3) is 0.290. The van der Waals surface area contributed by atoms with Crippen LogP contribution in [0, 0.1) is 17.5 Å². The van der Waals surface area contributed by atoms with Gasteiger partial charge in [0.1, 0.15) is 35.1 Å². The monoisotopic (exact) mass is 602 g/mol. The Bertz CT molecular complexity index is 1600. The molecule has 4 rings (SSSR count). The summed E-state index contributed by atoms with van der Waals surface area (Å²) in [5.41, 5.74) is 1.02. The first-order valence-electron chi connectivity index (χ1n) is 13.4. The molecule has 0 aliphatic rings. The Kier molecular flexibility index (Phi) is 10.3. The van der Waals surface area contributed by atoms with Gasteiger partial charge in [-0.05, 0) is 80.4 Å². The van der Waals surface area contributed by atoms with Gasteiger partial charge in [0.05, 0.1) is 17.2 Å². The van der Waals surface area contributed by atoms with Crippen molar-refractivity contribution in [2.24, 2.45) is 0 Å². The standard InChI is InChI=1S/C31H33F3N2O5S/c1-21(23-14-24(32)16-25(33)15-23)41-27-9-10-29(30(34)18-27)31-13-22(19-35-2)20-36(31)42(37,38)28-8-6-7-26(17-28)40-12-5-4-11-39-3/h6-10,13-18,20-21,35H,4-5,11-12,19H2,1-3H3. The van der Waals surface area contributed by atoms with E-state index in [1.54, 1.807) is 39.3 Å². The Morgan fingerprint density at radius 3 is 2.33 bits per heavy atom. The lowest BCUT2D eigenvalue weighted by atomic mass is 10.1. The average molecular weight is 603 g/mol. The first kappa shape index (κ1) is 31.1. The third kappa shape index (κ3) is 7.53. The van der Waals surface area contributed by atoms with Gasteiger partial charge in [-0.1, -0.05) is 6.07 Å². The molecule has 0 fully saturated rings. The number of ether oxygens (including phenoxy) is 3. The zero-order valence-electron chi connectivity index (χ0n) is 23.6. The number of rotatable bonds is 14. The number of hydrogen-bond acceptors (Lipinski definition) is 6. The fourth-order valence-corrected chi connectivity index (χ4v) is 5.86. The number of methoxy groups -OCH3 is 1. The number of aromatic nitrogens is 1. The molecular formula is C31H33F3N2O5S. The summed E-state index contributed by atoms with van der Waals surface area (Å²) < 4.78 is 88.0. The molecular weight excluding hydrogens is 569 g/mol. The molecule has 1 heterocycles. The first-order chi connectivity index (χ1) is 20.1. The van der Waals surface area contributed by atoms with Gasteiger partial charge in [-0.2, -0.15) is 0 Å². The number of nitrogens with zero attached hydrogens (tertiary/aromatic N) is 1. The van der Waals surface area contributed by atoms with Gasteiger partial charge >= 0.3 is 0 Å². The van der Waals surface area contributed by atoms with Crippen LogP contribution in [0.15, 0.2) is 77.8 Å². The van der Waals surface area contributed by atoms with E-state index in [1.807, 2.05) is 0 Å². The van der Waals surface area contributed by atoms with E-state index in [4.69, 9.17) is 14.2 Å². The summed E-state index contributed by atoms with van der Waals surface area (Å²) in [7, 11) is -0.803. The lowest BCUT2D eigenvalue weighted by Gasteiger charge is -2.17. The van der Waals surface area contributed by atoms with Gasteiger partial charge in [-0.15, -0.1) is 0 Å². The maximum Gasteiger partial charge on any atom is 0.268 e. The molecule has 0 aliphatic carbocycles. The van der Waals surface area contributed by atoms with Crippen LogP contribution in [-0.2, 0) is 21.3 Å². The lowest BCUT2D eigenvalue weighted by Crippen LogP contribution is -2.14. The van der Waals surface area contributed by atoms with E-state index in [9.17, 15) is 17.2 Å². The van der Waals surface area contributed by atoms with E-state index in [0.29, 0.717) is 31.1 Å². The number of benzene rings is 3. The van der Waals surface area contributed by atoms with Crippen molar-refractivity contribution in [2.75, 3.05) is 27.4 Å². The van der Waals surface area contributed by atoms with Crippen molar-refractivity contribution in [1.82, 2.24) is 9.29 Å². The van der Waals surface area contributed by atoms with E-state index < -0.39 is 33.6 Å². The topological polar surface area (TPSA) is 78.8 Å². The largest absolute Gasteiger partial charge is 0.494 e. The van der Waals surface area contributed by atoms with Crippen LogP contribution in [0.2, 0.25) is 0 Å². The summed E-state index contributed by atoms with van der Waals surface area (Å²) in [5, 5.41) is 2.98. The van der Waals surface area contributed by atoms with Gasteiger partial charge in [0.2, 0.25) is 0 Å². The van der Waals surface area contributed by atoms with E-state index >= 15 is 4.39 Å². The first-order valence-corrected chi connectivity index (χ1v) is 14.8. The van der Waals surface area contributed by atoms with Crippen LogP contribution in [-0.4, -0.2) is 39.8 Å². The summed E-state index contributed by atoms with van der Waals surface area (Å²) in [6.45, 7) is 2.95. The predicted molar refractivity (Wildman–Crippen MR) is 154 cm³/mol. The van der Waals surface area contributed by atoms with E-state index in [1.165, 1.54) is 30.5 Å². The minimum absolute atomic E-state index is 0.0127. The minimum atomic E-state index is -4.15. The molecule has 4 aromatic rings. The maximum atomic E-state index is 15.5. The summed E-state index contributed by atoms with van der Waals surface area (Å²) in [5.74, 6) is -1.72. The van der Waals surface area contributed by atoms with Crippen LogP contribution < -0.4 is 14.8 Å². The van der Waals surface area contributed by atoms with Crippen LogP contribution in [0.3, 0.4) is 0 Å². The zero-order valence-corrected chi connectivity index (χ0v) is 24.4. The van der Waals surface area contributed by atoms with Crippen LogP contribution in [0.5, 0.6) is 11.5 Å². The summed E-state index contributed by atoms with van der Waals surface area (Å²) in [6, 6.07) is 14.8. The van der Waals surface area contributed by atoms with E-state index in [-0.39, 0.29) is 27.5 Å². The second kappa shape index (κ2) is 13.9. The molecule has 0 bridgehead atoms. The van der Waals surface area contributed by atoms with Crippen molar-refractivity contribution in [3.8, 4) is 22.8 Å².